The highest BCUT2D eigenvalue weighted by Crippen LogP contribution is 2.42. The standard InChI is InChI=1S/C19H16O4/c20-16-10-12-6-2-1-5-11(12)9-15(16)19(23)17(21)13-7-3-4-8-14(13)18(19)22/h3-4,7-10,20,23H,1-2,5-6H2. The zero-order chi connectivity index (χ0) is 16.2. The second-order valence-electron chi connectivity index (χ2n) is 6.26. The predicted molar refractivity (Wildman–Crippen MR) is 83.7 cm³/mol. The monoisotopic (exact) mass is 308 g/mol. The van der Waals surface area contributed by atoms with Gasteiger partial charge < -0.3 is 10.2 Å². The van der Waals surface area contributed by atoms with Crippen LogP contribution in [-0.4, -0.2) is 21.8 Å². The number of Topliss-reactive ketones (excluding diaryl/α,β-unsaturated/α-hetero) is 2. The molecule has 4 rings (SSSR count). The number of hydrogen-bond donors (Lipinski definition) is 2. The van der Waals surface area contributed by atoms with E-state index in [2.05, 4.69) is 0 Å². The summed E-state index contributed by atoms with van der Waals surface area (Å²) < 4.78 is 0. The van der Waals surface area contributed by atoms with Crippen LogP contribution in [0.4, 0.5) is 0 Å². The van der Waals surface area contributed by atoms with Crippen LogP contribution in [0.2, 0.25) is 0 Å². The number of hydrogen-bond acceptors (Lipinski definition) is 4. The number of aromatic hydroxyl groups is 1. The van der Waals surface area contributed by atoms with Crippen molar-refractivity contribution in [2.45, 2.75) is 31.3 Å². The lowest BCUT2D eigenvalue weighted by Crippen LogP contribution is -2.38. The van der Waals surface area contributed by atoms with E-state index in [-0.39, 0.29) is 22.4 Å². The molecule has 0 unspecified atom stereocenters. The van der Waals surface area contributed by atoms with Crippen molar-refractivity contribution in [3.63, 3.8) is 0 Å². The van der Waals surface area contributed by atoms with E-state index < -0.39 is 17.2 Å². The van der Waals surface area contributed by atoms with Crippen LogP contribution in [-0.2, 0) is 18.4 Å². The van der Waals surface area contributed by atoms with Gasteiger partial charge in [-0.3, -0.25) is 9.59 Å². The van der Waals surface area contributed by atoms with Gasteiger partial charge in [0.15, 0.2) is 0 Å². The van der Waals surface area contributed by atoms with Crippen molar-refractivity contribution in [3.8, 4) is 5.75 Å². The lowest BCUT2D eigenvalue weighted by Gasteiger charge is -2.24. The molecular weight excluding hydrogens is 292 g/mol. The summed E-state index contributed by atoms with van der Waals surface area (Å²) in [5, 5.41) is 21.3. The van der Waals surface area contributed by atoms with Crippen molar-refractivity contribution in [2.24, 2.45) is 0 Å². The number of benzene rings is 2. The van der Waals surface area contributed by atoms with Crippen molar-refractivity contribution < 1.29 is 19.8 Å². The molecule has 23 heavy (non-hydrogen) atoms. The number of phenols is 1. The van der Waals surface area contributed by atoms with Gasteiger partial charge in [0.25, 0.3) is 0 Å². The van der Waals surface area contributed by atoms with Crippen LogP contribution in [0.1, 0.15) is 50.2 Å². The van der Waals surface area contributed by atoms with E-state index in [4.69, 9.17) is 0 Å². The molecule has 0 atom stereocenters. The Balaban J connectivity index is 1.91. The van der Waals surface area contributed by atoms with Gasteiger partial charge in [0, 0.05) is 16.7 Å². The first-order valence-corrected chi connectivity index (χ1v) is 7.79. The molecule has 4 heteroatoms. The first-order chi connectivity index (χ1) is 11.0. The minimum absolute atomic E-state index is 0.00403. The molecule has 2 N–H and O–H groups in total. The number of aliphatic hydroxyl groups is 1. The Hall–Kier alpha value is -2.46. The Morgan fingerprint density at radius 2 is 1.39 bits per heavy atom. The van der Waals surface area contributed by atoms with Crippen LogP contribution < -0.4 is 0 Å². The van der Waals surface area contributed by atoms with Gasteiger partial charge in [-0.15, -0.1) is 0 Å². The minimum atomic E-state index is -2.32. The molecule has 2 aromatic carbocycles. The largest absolute Gasteiger partial charge is 0.508 e. The van der Waals surface area contributed by atoms with Gasteiger partial charge in [-0.1, -0.05) is 24.3 Å². The van der Waals surface area contributed by atoms with Gasteiger partial charge in [0.05, 0.1) is 0 Å². The lowest BCUT2D eigenvalue weighted by atomic mass is 9.83. The highest BCUT2D eigenvalue weighted by atomic mass is 16.3. The molecule has 0 saturated heterocycles. The van der Waals surface area contributed by atoms with Gasteiger partial charge in [0.2, 0.25) is 17.2 Å². The molecule has 0 fully saturated rings. The maximum atomic E-state index is 12.7. The quantitative estimate of drug-likeness (QED) is 0.794. The summed E-state index contributed by atoms with van der Waals surface area (Å²) in [5.74, 6) is -1.52. The van der Waals surface area contributed by atoms with Crippen molar-refractivity contribution in [1.82, 2.24) is 0 Å². The lowest BCUT2D eigenvalue weighted by molar-refractivity contribution is 0.0312. The average molecular weight is 308 g/mol. The number of carbonyl (C=O) groups excluding carboxylic acids is 2. The second-order valence-corrected chi connectivity index (χ2v) is 6.26. The first kappa shape index (κ1) is 14.2. The van der Waals surface area contributed by atoms with Gasteiger partial charge >= 0.3 is 0 Å². The summed E-state index contributed by atoms with van der Waals surface area (Å²) in [5.41, 5.74) is 0.115. The Kier molecular flexibility index (Phi) is 2.93. The van der Waals surface area contributed by atoms with E-state index in [1.165, 1.54) is 12.1 Å². The second kappa shape index (κ2) is 4.77. The predicted octanol–water partition coefficient (Wildman–Crippen LogP) is 2.54. The average Bonchev–Trinajstić information content (AvgIpc) is 2.77. The maximum absolute atomic E-state index is 12.7. The first-order valence-electron chi connectivity index (χ1n) is 7.79. The summed E-state index contributed by atoms with van der Waals surface area (Å²) in [6, 6.07) is 9.59. The zero-order valence-corrected chi connectivity index (χ0v) is 12.5. The molecule has 0 amide bonds. The number of phenolic OH excluding ortho intramolecular Hbond substituents is 1. The molecule has 116 valence electrons. The summed E-state index contributed by atoms with van der Waals surface area (Å²) in [6.07, 6.45) is 3.77. The topological polar surface area (TPSA) is 74.6 Å². The van der Waals surface area contributed by atoms with Crippen LogP contribution in [0.25, 0.3) is 0 Å². The van der Waals surface area contributed by atoms with Crippen LogP contribution >= 0.6 is 0 Å². The van der Waals surface area contributed by atoms with Crippen LogP contribution in [0, 0.1) is 0 Å². The molecule has 2 aliphatic carbocycles. The number of ketones is 2. The fourth-order valence-electron chi connectivity index (χ4n) is 3.68. The van der Waals surface area contributed by atoms with Gasteiger partial charge in [-0.2, -0.15) is 0 Å². The summed E-state index contributed by atoms with van der Waals surface area (Å²) in [6.45, 7) is 0. The van der Waals surface area contributed by atoms with Crippen molar-refractivity contribution in [2.75, 3.05) is 0 Å². The SMILES string of the molecule is O=C1c2ccccc2C(=O)C1(O)c1cc2c(cc1O)CCCC2. The Morgan fingerprint density at radius 1 is 0.870 bits per heavy atom. The number of rotatable bonds is 1. The molecule has 4 nitrogen and oxygen atoms in total. The molecule has 0 aromatic heterocycles. The fourth-order valence-corrected chi connectivity index (χ4v) is 3.68. The van der Waals surface area contributed by atoms with E-state index in [0.717, 1.165) is 36.8 Å². The molecule has 2 aliphatic rings. The van der Waals surface area contributed by atoms with E-state index in [1.807, 2.05) is 0 Å². The van der Waals surface area contributed by atoms with Crippen LogP contribution in [0.15, 0.2) is 36.4 Å². The molecule has 0 heterocycles. The smallest absolute Gasteiger partial charge is 0.220 e. The molecule has 0 radical (unpaired) electrons. The summed E-state index contributed by atoms with van der Waals surface area (Å²) in [4.78, 5) is 25.3. The molecular formula is C19H16O4. The van der Waals surface area contributed by atoms with Gasteiger partial charge in [-0.05, 0) is 48.9 Å². The van der Waals surface area contributed by atoms with Crippen LogP contribution in [0.5, 0.6) is 5.75 Å². The number of carbonyl (C=O) groups is 2. The van der Waals surface area contributed by atoms with E-state index in [9.17, 15) is 19.8 Å². The van der Waals surface area contributed by atoms with Gasteiger partial charge in [-0.25, -0.2) is 0 Å². The third kappa shape index (κ3) is 1.82. The molecule has 0 aliphatic heterocycles. The van der Waals surface area contributed by atoms with Crippen molar-refractivity contribution in [3.05, 3.63) is 64.2 Å². The highest BCUT2D eigenvalue weighted by Gasteiger charge is 2.54. The van der Waals surface area contributed by atoms with E-state index in [0.29, 0.717) is 0 Å². The Labute approximate surface area is 133 Å². The van der Waals surface area contributed by atoms with Crippen molar-refractivity contribution >= 4 is 11.6 Å². The third-order valence-corrected chi connectivity index (χ3v) is 4.92. The van der Waals surface area contributed by atoms with Crippen molar-refractivity contribution in [1.29, 1.82) is 0 Å². The summed E-state index contributed by atoms with van der Waals surface area (Å²) in [7, 11) is 0. The normalized spacial score (nSPS) is 18.7. The maximum Gasteiger partial charge on any atom is 0.220 e. The fraction of sp³-hybridized carbons (Fsp3) is 0.263. The minimum Gasteiger partial charge on any atom is -0.508 e. The van der Waals surface area contributed by atoms with E-state index >= 15 is 0 Å². The summed E-state index contributed by atoms with van der Waals surface area (Å²) >= 11 is 0. The molecule has 0 bridgehead atoms. The van der Waals surface area contributed by atoms with Gasteiger partial charge in [0.1, 0.15) is 5.75 Å². The Morgan fingerprint density at radius 3 is 1.96 bits per heavy atom. The molecule has 2 aromatic rings. The Bertz CT molecular complexity index is 815. The van der Waals surface area contributed by atoms with Crippen LogP contribution in [0.3, 0.4) is 0 Å². The molecule has 0 saturated carbocycles. The number of fused-ring (bicyclic) bond motifs is 2. The molecule has 0 spiro atoms. The van der Waals surface area contributed by atoms with E-state index in [1.54, 1.807) is 24.3 Å². The third-order valence-electron chi connectivity index (χ3n) is 4.92. The highest BCUT2D eigenvalue weighted by molar-refractivity contribution is 6.32. The number of aryl methyl sites for hydroxylation is 2. The zero-order valence-electron chi connectivity index (χ0n) is 12.5.